The van der Waals surface area contributed by atoms with Gasteiger partial charge in [0.05, 0.1) is 0 Å². The smallest absolute Gasteiger partial charge is 0.00693 e. The molecule has 18 heavy (non-hydrogen) atoms. The molecule has 1 aliphatic carbocycles. The highest BCUT2D eigenvalue weighted by atomic mass is 14.9. The van der Waals surface area contributed by atoms with E-state index in [4.69, 9.17) is 0 Å². The fourth-order valence-corrected chi connectivity index (χ4v) is 3.54. The lowest BCUT2D eigenvalue weighted by molar-refractivity contribution is 0.270. The lowest BCUT2D eigenvalue weighted by Gasteiger charge is -2.28. The second-order valence-corrected chi connectivity index (χ2v) is 6.38. The maximum Gasteiger partial charge on any atom is 0.00693 e. The molecule has 108 valence electrons. The largest absolute Gasteiger partial charge is 0.317 e. The minimum atomic E-state index is 0.773. The van der Waals surface area contributed by atoms with Gasteiger partial charge in [0.15, 0.2) is 0 Å². The van der Waals surface area contributed by atoms with Crippen LogP contribution in [0.25, 0.3) is 0 Å². The molecule has 1 rings (SSSR count). The van der Waals surface area contributed by atoms with Crippen molar-refractivity contribution in [3.8, 4) is 0 Å². The summed E-state index contributed by atoms with van der Waals surface area (Å²) in [7, 11) is 2.17. The molecule has 0 spiro atoms. The number of rotatable bonds is 9. The number of unbranched alkanes of at least 4 members (excludes halogenated alkanes) is 1. The van der Waals surface area contributed by atoms with E-state index in [0.717, 1.165) is 17.9 Å². The number of hydrogen-bond acceptors (Lipinski definition) is 1. The molecule has 2 atom stereocenters. The molecule has 1 fully saturated rings. The minimum absolute atomic E-state index is 0.773. The van der Waals surface area contributed by atoms with Gasteiger partial charge >= 0.3 is 0 Å². The molecular weight excluding hydrogens is 218 g/mol. The Morgan fingerprint density at radius 3 is 2.39 bits per heavy atom. The minimum Gasteiger partial charge on any atom is -0.317 e. The summed E-state index contributed by atoms with van der Waals surface area (Å²) in [5, 5.41) is 3.59. The van der Waals surface area contributed by atoms with Gasteiger partial charge in [0.2, 0.25) is 0 Å². The van der Waals surface area contributed by atoms with E-state index in [-0.39, 0.29) is 0 Å². The van der Waals surface area contributed by atoms with Crippen molar-refractivity contribution in [3.63, 3.8) is 0 Å². The van der Waals surface area contributed by atoms with Crippen LogP contribution < -0.4 is 5.32 Å². The van der Waals surface area contributed by atoms with Crippen LogP contribution in [0, 0.1) is 11.8 Å². The molecule has 0 aliphatic heterocycles. The summed E-state index contributed by atoms with van der Waals surface area (Å²) in [4.78, 5) is 0. The molecular formula is C17H35N. The second kappa shape index (κ2) is 9.83. The van der Waals surface area contributed by atoms with E-state index in [9.17, 15) is 0 Å². The monoisotopic (exact) mass is 253 g/mol. The van der Waals surface area contributed by atoms with E-state index in [1.54, 1.807) is 0 Å². The van der Waals surface area contributed by atoms with Crippen molar-refractivity contribution in [3.05, 3.63) is 0 Å². The van der Waals surface area contributed by atoms with Crippen LogP contribution in [0.3, 0.4) is 0 Å². The van der Waals surface area contributed by atoms with Crippen LogP contribution in [0.15, 0.2) is 0 Å². The van der Waals surface area contributed by atoms with Crippen LogP contribution in [0.5, 0.6) is 0 Å². The van der Waals surface area contributed by atoms with E-state index < -0.39 is 0 Å². The van der Waals surface area contributed by atoms with Gasteiger partial charge in [0.25, 0.3) is 0 Å². The molecule has 2 unspecified atom stereocenters. The quantitative estimate of drug-likeness (QED) is 0.599. The average Bonchev–Trinajstić information content (AvgIpc) is 2.43. The third kappa shape index (κ3) is 6.22. The first-order valence-corrected chi connectivity index (χ1v) is 8.47. The lowest BCUT2D eigenvalue weighted by atomic mass is 9.82. The standard InChI is InChI=1S/C17H35N/c1-4-6-10-15(5-2)13-17(18-3)14-16-11-8-7-9-12-16/h15-18H,4-14H2,1-3H3. The molecule has 0 aromatic carbocycles. The third-order valence-electron chi connectivity index (χ3n) is 4.91. The molecule has 0 radical (unpaired) electrons. The summed E-state index contributed by atoms with van der Waals surface area (Å²) in [6, 6.07) is 0.773. The van der Waals surface area contributed by atoms with Crippen molar-refractivity contribution >= 4 is 0 Å². The summed E-state index contributed by atoms with van der Waals surface area (Å²) in [6.45, 7) is 4.68. The Morgan fingerprint density at radius 2 is 1.83 bits per heavy atom. The first-order chi connectivity index (χ1) is 8.80. The molecule has 1 nitrogen and oxygen atoms in total. The van der Waals surface area contributed by atoms with Crippen LogP contribution in [-0.2, 0) is 0 Å². The van der Waals surface area contributed by atoms with Crippen molar-refractivity contribution in [2.24, 2.45) is 11.8 Å². The Bertz CT molecular complexity index is 184. The fourth-order valence-electron chi connectivity index (χ4n) is 3.54. The van der Waals surface area contributed by atoms with Crippen LogP contribution in [-0.4, -0.2) is 13.1 Å². The molecule has 0 saturated heterocycles. The molecule has 1 saturated carbocycles. The first-order valence-electron chi connectivity index (χ1n) is 8.47. The van der Waals surface area contributed by atoms with Gasteiger partial charge in [-0.15, -0.1) is 0 Å². The summed E-state index contributed by atoms with van der Waals surface area (Å²) in [5.41, 5.74) is 0. The zero-order valence-electron chi connectivity index (χ0n) is 13.0. The Hall–Kier alpha value is -0.0400. The van der Waals surface area contributed by atoms with E-state index >= 15 is 0 Å². The van der Waals surface area contributed by atoms with Gasteiger partial charge in [0, 0.05) is 6.04 Å². The normalized spacial score (nSPS) is 20.8. The highest BCUT2D eigenvalue weighted by Gasteiger charge is 2.20. The molecule has 1 heteroatoms. The number of nitrogens with one attached hydrogen (secondary N) is 1. The Kier molecular flexibility index (Phi) is 8.75. The molecule has 1 aliphatic rings. The highest BCUT2D eigenvalue weighted by Crippen LogP contribution is 2.29. The Balaban J connectivity index is 2.29. The lowest BCUT2D eigenvalue weighted by Crippen LogP contribution is -2.30. The topological polar surface area (TPSA) is 12.0 Å². The summed E-state index contributed by atoms with van der Waals surface area (Å²) < 4.78 is 0. The Labute approximate surface area is 115 Å². The molecule has 0 aromatic heterocycles. The van der Waals surface area contributed by atoms with Gasteiger partial charge in [-0.25, -0.2) is 0 Å². The van der Waals surface area contributed by atoms with Crippen LogP contribution in [0.1, 0.15) is 84.5 Å². The summed E-state index contributed by atoms with van der Waals surface area (Å²) in [5.74, 6) is 1.96. The van der Waals surface area contributed by atoms with E-state index in [1.807, 2.05) is 0 Å². The molecule has 0 bridgehead atoms. The van der Waals surface area contributed by atoms with Gasteiger partial charge < -0.3 is 5.32 Å². The second-order valence-electron chi connectivity index (χ2n) is 6.38. The highest BCUT2D eigenvalue weighted by molar-refractivity contribution is 4.76. The van der Waals surface area contributed by atoms with Crippen molar-refractivity contribution < 1.29 is 0 Å². The zero-order chi connectivity index (χ0) is 13.2. The molecule has 0 aromatic rings. The van der Waals surface area contributed by atoms with E-state index in [0.29, 0.717) is 0 Å². The average molecular weight is 253 g/mol. The van der Waals surface area contributed by atoms with Crippen molar-refractivity contribution in [1.82, 2.24) is 5.32 Å². The SMILES string of the molecule is CCCCC(CC)CC(CC1CCCCC1)NC. The van der Waals surface area contributed by atoms with Crippen LogP contribution in [0.4, 0.5) is 0 Å². The molecule has 0 heterocycles. The van der Waals surface area contributed by atoms with Crippen molar-refractivity contribution in [2.45, 2.75) is 90.5 Å². The fraction of sp³-hybridized carbons (Fsp3) is 1.00. The summed E-state index contributed by atoms with van der Waals surface area (Å²) >= 11 is 0. The third-order valence-corrected chi connectivity index (χ3v) is 4.91. The van der Waals surface area contributed by atoms with Crippen LogP contribution in [0.2, 0.25) is 0 Å². The predicted molar refractivity (Wildman–Crippen MR) is 82.0 cm³/mol. The van der Waals surface area contributed by atoms with Crippen molar-refractivity contribution in [2.75, 3.05) is 7.05 Å². The van der Waals surface area contributed by atoms with Gasteiger partial charge in [-0.1, -0.05) is 71.6 Å². The van der Waals surface area contributed by atoms with Gasteiger partial charge in [-0.05, 0) is 31.7 Å². The maximum atomic E-state index is 3.59. The van der Waals surface area contributed by atoms with Gasteiger partial charge in [-0.2, -0.15) is 0 Å². The Morgan fingerprint density at radius 1 is 1.11 bits per heavy atom. The maximum absolute atomic E-state index is 3.59. The predicted octanol–water partition coefficient (Wildman–Crippen LogP) is 5.15. The zero-order valence-corrected chi connectivity index (χ0v) is 13.0. The molecule has 1 N–H and O–H groups in total. The number of hydrogen-bond donors (Lipinski definition) is 1. The van der Waals surface area contributed by atoms with Gasteiger partial charge in [0.1, 0.15) is 0 Å². The van der Waals surface area contributed by atoms with Gasteiger partial charge in [-0.3, -0.25) is 0 Å². The summed E-state index contributed by atoms with van der Waals surface area (Å²) in [6.07, 6.45) is 15.8. The van der Waals surface area contributed by atoms with Crippen molar-refractivity contribution in [1.29, 1.82) is 0 Å². The van der Waals surface area contributed by atoms with Crippen LogP contribution >= 0.6 is 0 Å². The van der Waals surface area contributed by atoms with E-state index in [1.165, 1.54) is 70.6 Å². The van der Waals surface area contributed by atoms with E-state index in [2.05, 4.69) is 26.2 Å². The molecule has 0 amide bonds. The first kappa shape index (κ1) is 16.0.